The van der Waals surface area contributed by atoms with Gasteiger partial charge in [-0.2, -0.15) is 0 Å². The van der Waals surface area contributed by atoms with Crippen molar-refractivity contribution in [1.29, 1.82) is 0 Å². The molecule has 2 N–H and O–H groups in total. The van der Waals surface area contributed by atoms with Crippen molar-refractivity contribution in [3.63, 3.8) is 0 Å². The van der Waals surface area contributed by atoms with Crippen LogP contribution in [0.15, 0.2) is 22.5 Å². The topological polar surface area (TPSA) is 41.6 Å². The van der Waals surface area contributed by atoms with Gasteiger partial charge in [-0.25, -0.2) is 0 Å². The van der Waals surface area contributed by atoms with Gasteiger partial charge in [0.2, 0.25) is 0 Å². The molecule has 16 heavy (non-hydrogen) atoms. The maximum Gasteiger partial charge on any atom is 0.191 e. The van der Waals surface area contributed by atoms with Crippen molar-refractivity contribution in [3.05, 3.63) is 22.4 Å². The van der Waals surface area contributed by atoms with Crippen LogP contribution in [0.5, 0.6) is 0 Å². The van der Waals surface area contributed by atoms with E-state index in [1.165, 1.54) is 4.88 Å². The zero-order valence-corrected chi connectivity index (χ0v) is 11.1. The van der Waals surface area contributed by atoms with Crippen molar-refractivity contribution in [3.8, 4) is 0 Å². The molecule has 3 nitrogen and oxygen atoms in total. The second kappa shape index (κ2) is 6.53. The number of thiophene rings is 1. The van der Waals surface area contributed by atoms with Gasteiger partial charge in [-0.15, -0.1) is 11.3 Å². The Kier molecular flexibility index (Phi) is 5.32. The second-order valence-electron chi connectivity index (χ2n) is 4.04. The summed E-state index contributed by atoms with van der Waals surface area (Å²) in [6, 6.07) is 4.58. The van der Waals surface area contributed by atoms with Crippen LogP contribution in [-0.4, -0.2) is 23.4 Å². The highest BCUT2D eigenvalue weighted by Crippen LogP contribution is 2.13. The molecule has 0 unspecified atom stereocenters. The van der Waals surface area contributed by atoms with E-state index in [4.69, 9.17) is 5.73 Å². The smallest absolute Gasteiger partial charge is 0.191 e. The number of aliphatic imine (C=N–C) groups is 1. The standard InChI is InChI=1S/C12H21N3S/c1-4-7-14-12(13)15(10(2)3)9-11-6-5-8-16-11/h5-6,8,10H,4,7,9H2,1-3H3,(H2,13,14). The number of hydrogen-bond donors (Lipinski definition) is 1. The molecular weight excluding hydrogens is 218 g/mol. The van der Waals surface area contributed by atoms with Gasteiger partial charge in [-0.05, 0) is 31.7 Å². The number of rotatable bonds is 5. The van der Waals surface area contributed by atoms with E-state index in [9.17, 15) is 0 Å². The summed E-state index contributed by atoms with van der Waals surface area (Å²) in [6.07, 6.45) is 1.03. The van der Waals surface area contributed by atoms with Crippen molar-refractivity contribution in [2.24, 2.45) is 10.7 Å². The van der Waals surface area contributed by atoms with E-state index in [0.717, 1.165) is 19.5 Å². The van der Waals surface area contributed by atoms with Gasteiger partial charge in [0.25, 0.3) is 0 Å². The van der Waals surface area contributed by atoms with Crippen LogP contribution in [-0.2, 0) is 6.54 Å². The predicted octanol–water partition coefficient (Wildman–Crippen LogP) is 2.68. The van der Waals surface area contributed by atoms with E-state index in [2.05, 4.69) is 48.2 Å². The molecule has 0 aliphatic heterocycles. The lowest BCUT2D eigenvalue weighted by Crippen LogP contribution is -2.41. The molecule has 0 radical (unpaired) electrons. The van der Waals surface area contributed by atoms with Gasteiger partial charge in [-0.1, -0.05) is 13.0 Å². The van der Waals surface area contributed by atoms with E-state index in [-0.39, 0.29) is 0 Å². The average molecular weight is 239 g/mol. The first-order valence-electron chi connectivity index (χ1n) is 5.74. The molecule has 0 spiro atoms. The zero-order chi connectivity index (χ0) is 12.0. The first-order valence-corrected chi connectivity index (χ1v) is 6.62. The fraction of sp³-hybridized carbons (Fsp3) is 0.583. The molecule has 1 aromatic rings. The largest absolute Gasteiger partial charge is 0.370 e. The molecule has 0 bridgehead atoms. The highest BCUT2D eigenvalue weighted by molar-refractivity contribution is 7.09. The van der Waals surface area contributed by atoms with Crippen LogP contribution in [0.3, 0.4) is 0 Å². The van der Waals surface area contributed by atoms with Gasteiger partial charge < -0.3 is 10.6 Å². The van der Waals surface area contributed by atoms with E-state index in [1.54, 1.807) is 11.3 Å². The van der Waals surface area contributed by atoms with E-state index >= 15 is 0 Å². The van der Waals surface area contributed by atoms with E-state index in [0.29, 0.717) is 12.0 Å². The minimum Gasteiger partial charge on any atom is -0.370 e. The predicted molar refractivity (Wildman–Crippen MR) is 71.8 cm³/mol. The molecule has 1 rings (SSSR count). The summed E-state index contributed by atoms with van der Waals surface area (Å²) < 4.78 is 0. The maximum absolute atomic E-state index is 6.00. The summed E-state index contributed by atoms with van der Waals surface area (Å²) in [7, 11) is 0. The molecule has 0 saturated carbocycles. The molecule has 0 atom stereocenters. The molecule has 0 saturated heterocycles. The van der Waals surface area contributed by atoms with Gasteiger partial charge in [0.15, 0.2) is 5.96 Å². The Hall–Kier alpha value is -1.03. The number of nitrogens with zero attached hydrogens (tertiary/aromatic N) is 2. The maximum atomic E-state index is 6.00. The van der Waals surface area contributed by atoms with Gasteiger partial charge >= 0.3 is 0 Å². The summed E-state index contributed by atoms with van der Waals surface area (Å²) >= 11 is 1.76. The first kappa shape index (κ1) is 13.0. The molecule has 90 valence electrons. The summed E-state index contributed by atoms with van der Waals surface area (Å²) in [5.74, 6) is 0.658. The summed E-state index contributed by atoms with van der Waals surface area (Å²) in [6.45, 7) is 8.05. The van der Waals surface area contributed by atoms with Crippen molar-refractivity contribution < 1.29 is 0 Å². The molecule has 0 amide bonds. The molecule has 0 fully saturated rings. The lowest BCUT2D eigenvalue weighted by molar-refractivity contribution is 0.340. The molecular formula is C12H21N3S. The highest BCUT2D eigenvalue weighted by atomic mass is 32.1. The summed E-state index contributed by atoms with van der Waals surface area (Å²) in [4.78, 5) is 7.83. The Balaban J connectivity index is 2.67. The fourth-order valence-corrected chi connectivity index (χ4v) is 2.12. The molecule has 1 heterocycles. The Morgan fingerprint density at radius 1 is 1.56 bits per heavy atom. The monoisotopic (exact) mass is 239 g/mol. The van der Waals surface area contributed by atoms with Gasteiger partial charge in [0.05, 0.1) is 6.54 Å². The number of guanidine groups is 1. The zero-order valence-electron chi connectivity index (χ0n) is 10.3. The normalized spacial score (nSPS) is 12.1. The minimum atomic E-state index is 0.378. The Morgan fingerprint density at radius 2 is 2.31 bits per heavy atom. The quantitative estimate of drug-likeness (QED) is 0.634. The van der Waals surface area contributed by atoms with Crippen LogP contribution >= 0.6 is 11.3 Å². The Bertz CT molecular complexity index is 317. The number of hydrogen-bond acceptors (Lipinski definition) is 2. The second-order valence-corrected chi connectivity index (χ2v) is 5.07. The molecule has 1 aromatic heterocycles. The lowest BCUT2D eigenvalue weighted by Gasteiger charge is -2.27. The van der Waals surface area contributed by atoms with E-state index in [1.807, 2.05) is 0 Å². The molecule has 0 aromatic carbocycles. The fourth-order valence-electron chi connectivity index (χ4n) is 1.42. The minimum absolute atomic E-state index is 0.378. The van der Waals surface area contributed by atoms with Crippen molar-refractivity contribution in [2.75, 3.05) is 6.54 Å². The van der Waals surface area contributed by atoms with Crippen LogP contribution in [0, 0.1) is 0 Å². The third kappa shape index (κ3) is 3.85. The highest BCUT2D eigenvalue weighted by Gasteiger charge is 2.12. The van der Waals surface area contributed by atoms with Crippen LogP contribution < -0.4 is 5.73 Å². The van der Waals surface area contributed by atoms with Crippen LogP contribution in [0.2, 0.25) is 0 Å². The lowest BCUT2D eigenvalue weighted by atomic mass is 10.3. The third-order valence-electron chi connectivity index (χ3n) is 2.32. The van der Waals surface area contributed by atoms with Gasteiger partial charge in [0, 0.05) is 17.5 Å². The van der Waals surface area contributed by atoms with Crippen molar-refractivity contribution >= 4 is 17.3 Å². The average Bonchev–Trinajstić information content (AvgIpc) is 2.74. The first-order chi connectivity index (χ1) is 7.65. The third-order valence-corrected chi connectivity index (χ3v) is 3.18. The van der Waals surface area contributed by atoms with Gasteiger partial charge in [-0.3, -0.25) is 4.99 Å². The number of nitrogens with two attached hydrogens (primary N) is 1. The Morgan fingerprint density at radius 3 is 2.81 bits per heavy atom. The van der Waals surface area contributed by atoms with E-state index < -0.39 is 0 Å². The molecule has 4 heteroatoms. The molecule has 0 aliphatic carbocycles. The summed E-state index contributed by atoms with van der Waals surface area (Å²) in [5.41, 5.74) is 6.00. The van der Waals surface area contributed by atoms with Crippen LogP contribution in [0.25, 0.3) is 0 Å². The van der Waals surface area contributed by atoms with Gasteiger partial charge in [0.1, 0.15) is 0 Å². The summed E-state index contributed by atoms with van der Waals surface area (Å²) in [5, 5.41) is 2.09. The van der Waals surface area contributed by atoms with Crippen LogP contribution in [0.1, 0.15) is 32.1 Å². The van der Waals surface area contributed by atoms with Crippen molar-refractivity contribution in [2.45, 2.75) is 39.8 Å². The molecule has 0 aliphatic rings. The van der Waals surface area contributed by atoms with Crippen LogP contribution in [0.4, 0.5) is 0 Å². The Labute approximate surface area is 102 Å². The van der Waals surface area contributed by atoms with Crippen molar-refractivity contribution in [1.82, 2.24) is 4.90 Å². The SMILES string of the molecule is CCCN=C(N)N(Cc1cccs1)C(C)C.